The summed E-state index contributed by atoms with van der Waals surface area (Å²) in [6.07, 6.45) is 3.57. The lowest BCUT2D eigenvalue weighted by atomic mass is 9.90. The number of nitrogens with one attached hydrogen (secondary N) is 2. The van der Waals surface area contributed by atoms with E-state index in [1.54, 1.807) is 11.3 Å². The Morgan fingerprint density at radius 1 is 1.23 bits per heavy atom. The molecule has 4 atom stereocenters. The first kappa shape index (κ1) is 32.3. The third-order valence-corrected chi connectivity index (χ3v) is 11.5. The molecule has 5 heterocycles. The minimum Gasteiger partial charge on any atom is -0.446 e. The average molecular weight is 647 g/mol. The SMILES string of the molecule is CC1C2OCCC(OC(=O)NCCCN(CC3CN(C(C)C)C3)Sc3ccc4nc(NCCN5CCCC5)sc4c3)C1CO2. The average Bonchev–Trinajstić information content (AvgIpc) is 3.69. The summed E-state index contributed by atoms with van der Waals surface area (Å²) < 4.78 is 21.0. The number of benzene rings is 1. The van der Waals surface area contributed by atoms with Crippen LogP contribution in [0.5, 0.6) is 0 Å². The maximum absolute atomic E-state index is 12.7. The molecule has 0 aliphatic carbocycles. The summed E-state index contributed by atoms with van der Waals surface area (Å²) in [5.41, 5.74) is 1.05. The van der Waals surface area contributed by atoms with Gasteiger partial charge in [-0.2, -0.15) is 0 Å². The van der Waals surface area contributed by atoms with E-state index in [9.17, 15) is 4.79 Å². The van der Waals surface area contributed by atoms with Gasteiger partial charge in [0, 0.05) is 75.0 Å². The summed E-state index contributed by atoms with van der Waals surface area (Å²) in [7, 11) is 0. The Morgan fingerprint density at radius 2 is 2.07 bits per heavy atom. The Kier molecular flexibility index (Phi) is 11.2. The van der Waals surface area contributed by atoms with Crippen LogP contribution >= 0.6 is 23.3 Å². The number of thiazole rings is 1. The van der Waals surface area contributed by atoms with E-state index in [-0.39, 0.29) is 30.3 Å². The molecule has 1 aromatic carbocycles. The Labute approximate surface area is 270 Å². The Bertz CT molecular complexity index is 1220. The topological polar surface area (TPSA) is 91.4 Å². The zero-order valence-corrected chi connectivity index (χ0v) is 28.2. The monoisotopic (exact) mass is 646 g/mol. The number of likely N-dealkylation sites (tertiary alicyclic amines) is 2. The van der Waals surface area contributed by atoms with Gasteiger partial charge in [0.05, 0.1) is 23.4 Å². The largest absolute Gasteiger partial charge is 0.446 e. The summed E-state index contributed by atoms with van der Waals surface area (Å²) in [6, 6.07) is 7.22. The highest BCUT2D eigenvalue weighted by Gasteiger charge is 2.43. The molecule has 0 saturated carbocycles. The highest BCUT2D eigenvalue weighted by Crippen LogP contribution is 2.36. The predicted molar refractivity (Wildman–Crippen MR) is 177 cm³/mol. The van der Waals surface area contributed by atoms with Crippen molar-refractivity contribution < 1.29 is 19.0 Å². The number of fused-ring (bicyclic) bond motifs is 3. The van der Waals surface area contributed by atoms with E-state index in [1.165, 1.54) is 35.5 Å². The van der Waals surface area contributed by atoms with Crippen LogP contribution in [-0.2, 0) is 14.2 Å². The van der Waals surface area contributed by atoms with Crippen molar-refractivity contribution in [3.8, 4) is 0 Å². The van der Waals surface area contributed by atoms with E-state index in [2.05, 4.69) is 63.7 Å². The summed E-state index contributed by atoms with van der Waals surface area (Å²) in [5, 5.41) is 7.55. The van der Waals surface area contributed by atoms with Crippen molar-refractivity contribution in [1.82, 2.24) is 24.4 Å². The van der Waals surface area contributed by atoms with Crippen molar-refractivity contribution >= 4 is 44.7 Å². The molecule has 4 aliphatic heterocycles. The predicted octanol–water partition coefficient (Wildman–Crippen LogP) is 4.97. The third-order valence-electron chi connectivity index (χ3n) is 9.51. The van der Waals surface area contributed by atoms with Gasteiger partial charge in [0.1, 0.15) is 6.10 Å². The van der Waals surface area contributed by atoms with Crippen LogP contribution in [0.3, 0.4) is 0 Å². The van der Waals surface area contributed by atoms with E-state index in [0.717, 1.165) is 62.8 Å². The Morgan fingerprint density at radius 3 is 2.89 bits per heavy atom. The van der Waals surface area contributed by atoms with Gasteiger partial charge >= 0.3 is 6.09 Å². The number of aromatic nitrogens is 1. The number of hydrogen-bond acceptors (Lipinski definition) is 11. The van der Waals surface area contributed by atoms with Crippen LogP contribution in [0.2, 0.25) is 0 Å². The fraction of sp³-hybridized carbons (Fsp3) is 0.750. The van der Waals surface area contributed by atoms with Gasteiger partial charge in [-0.3, -0.25) is 0 Å². The van der Waals surface area contributed by atoms with E-state index in [4.69, 9.17) is 19.2 Å². The minimum atomic E-state index is -0.334. The second-order valence-electron chi connectivity index (χ2n) is 13.1. The molecule has 4 fully saturated rings. The fourth-order valence-electron chi connectivity index (χ4n) is 6.77. The van der Waals surface area contributed by atoms with Crippen molar-refractivity contribution in [3.63, 3.8) is 0 Å². The van der Waals surface area contributed by atoms with Gasteiger partial charge < -0.3 is 34.6 Å². The molecule has 1 aromatic heterocycles. The molecule has 4 aliphatic rings. The van der Waals surface area contributed by atoms with Gasteiger partial charge in [-0.05, 0) is 82.3 Å². The van der Waals surface area contributed by atoms with E-state index in [0.29, 0.717) is 31.7 Å². The van der Waals surface area contributed by atoms with Gasteiger partial charge in [0.2, 0.25) is 0 Å². The lowest BCUT2D eigenvalue weighted by Crippen LogP contribution is -2.53. The van der Waals surface area contributed by atoms with Crippen LogP contribution in [0.1, 0.15) is 46.5 Å². The number of nitrogens with zero attached hydrogens (tertiary/aromatic N) is 4. The molecule has 2 N–H and O–H groups in total. The van der Waals surface area contributed by atoms with Gasteiger partial charge in [0.15, 0.2) is 11.4 Å². The smallest absolute Gasteiger partial charge is 0.407 e. The number of rotatable bonds is 14. The summed E-state index contributed by atoms with van der Waals surface area (Å²) in [4.78, 5) is 23.8. The zero-order chi connectivity index (χ0) is 30.5. The summed E-state index contributed by atoms with van der Waals surface area (Å²) in [5.74, 6) is 1.11. The maximum atomic E-state index is 12.7. The molecule has 2 bridgehead atoms. The number of carbonyl (C=O) groups is 1. The molecule has 0 radical (unpaired) electrons. The normalized spacial score (nSPS) is 26.4. The first-order valence-corrected chi connectivity index (χ1v) is 18.2. The van der Waals surface area contributed by atoms with E-state index >= 15 is 0 Å². The molecule has 10 nitrogen and oxygen atoms in total. The lowest BCUT2D eigenvalue weighted by Gasteiger charge is -2.43. The quantitative estimate of drug-likeness (QED) is 0.217. The van der Waals surface area contributed by atoms with Crippen molar-refractivity contribution in [2.24, 2.45) is 17.8 Å². The minimum absolute atomic E-state index is 0.158. The van der Waals surface area contributed by atoms with Crippen LogP contribution in [0.4, 0.5) is 9.93 Å². The fourth-order valence-corrected chi connectivity index (χ4v) is 8.87. The van der Waals surface area contributed by atoms with Gasteiger partial charge in [-0.1, -0.05) is 18.3 Å². The zero-order valence-electron chi connectivity index (χ0n) is 26.5. The molecular weight excluding hydrogens is 597 g/mol. The van der Waals surface area contributed by atoms with Crippen molar-refractivity contribution in [2.45, 2.75) is 69.8 Å². The van der Waals surface area contributed by atoms with Crippen molar-refractivity contribution in [2.75, 3.05) is 77.4 Å². The highest BCUT2D eigenvalue weighted by molar-refractivity contribution is 7.97. The van der Waals surface area contributed by atoms with E-state index < -0.39 is 0 Å². The van der Waals surface area contributed by atoms with Gasteiger partial charge in [0.25, 0.3) is 0 Å². The van der Waals surface area contributed by atoms with Gasteiger partial charge in [-0.15, -0.1) is 0 Å². The number of ether oxygens (including phenoxy) is 3. The van der Waals surface area contributed by atoms with Crippen LogP contribution in [-0.4, -0.2) is 116 Å². The van der Waals surface area contributed by atoms with Crippen LogP contribution in [0.15, 0.2) is 23.1 Å². The van der Waals surface area contributed by atoms with Crippen LogP contribution in [0, 0.1) is 17.8 Å². The van der Waals surface area contributed by atoms with Crippen LogP contribution < -0.4 is 10.6 Å². The molecule has 4 saturated heterocycles. The molecule has 1 amide bonds. The molecular formula is C32H50N6O4S2. The number of anilines is 1. The van der Waals surface area contributed by atoms with E-state index in [1.807, 2.05) is 11.9 Å². The number of amides is 1. The molecule has 0 spiro atoms. The van der Waals surface area contributed by atoms with Crippen LogP contribution in [0.25, 0.3) is 10.2 Å². The standard InChI is InChI=1S/C32H50N6O4S2/c1-22(2)37-18-24(19-37)20-38(14-6-10-34-32(39)42-28-9-16-40-30-23(3)26(28)21-41-30)44-25-7-8-27-29(17-25)43-31(35-27)33-11-15-36-12-4-5-13-36/h7-8,17,22-24,26,28,30H,4-6,9-16,18-21H2,1-3H3,(H,33,35)(H,34,39). The number of hydrogen-bond donors (Lipinski definition) is 2. The lowest BCUT2D eigenvalue weighted by molar-refractivity contribution is -0.131. The van der Waals surface area contributed by atoms with Crippen molar-refractivity contribution in [3.05, 3.63) is 18.2 Å². The molecule has 6 rings (SSSR count). The second-order valence-corrected chi connectivity index (χ2v) is 15.3. The number of carbonyl (C=O) groups excluding carboxylic acids is 1. The van der Waals surface area contributed by atoms with Gasteiger partial charge in [-0.25, -0.2) is 14.1 Å². The summed E-state index contributed by atoms with van der Waals surface area (Å²) in [6.45, 7) is 17.1. The first-order valence-electron chi connectivity index (χ1n) is 16.6. The molecule has 4 unspecified atom stereocenters. The third kappa shape index (κ3) is 8.37. The number of alkyl carbamates (subject to hydrolysis) is 1. The molecule has 44 heavy (non-hydrogen) atoms. The summed E-state index contributed by atoms with van der Waals surface area (Å²) >= 11 is 3.57. The maximum Gasteiger partial charge on any atom is 0.407 e. The second kappa shape index (κ2) is 15.3. The Balaban J connectivity index is 0.992. The van der Waals surface area contributed by atoms with Crippen molar-refractivity contribution in [1.29, 1.82) is 0 Å². The molecule has 244 valence electrons. The first-order chi connectivity index (χ1) is 21.4. The molecule has 12 heteroatoms. The Hall–Kier alpha value is -1.67. The highest BCUT2D eigenvalue weighted by atomic mass is 32.2. The molecule has 2 aromatic rings.